The highest BCUT2D eigenvalue weighted by Crippen LogP contribution is 2.28. The molecule has 2 amide bonds. The third-order valence-electron chi connectivity index (χ3n) is 5.57. The lowest BCUT2D eigenvalue weighted by atomic mass is 9.81. The van der Waals surface area contributed by atoms with Crippen molar-refractivity contribution in [3.05, 3.63) is 0 Å². The molecule has 0 radical (unpaired) electrons. The fraction of sp³-hybridized carbons (Fsp3) is 0.842. The Bertz CT molecular complexity index is 487. The molecule has 0 aromatic rings. The molecule has 26 heavy (non-hydrogen) atoms. The molecule has 150 valence electrons. The van der Waals surface area contributed by atoms with Crippen LogP contribution in [-0.4, -0.2) is 41.5 Å². The van der Waals surface area contributed by atoms with Crippen LogP contribution in [0.5, 0.6) is 0 Å². The lowest BCUT2D eigenvalue weighted by Gasteiger charge is -2.29. The molecule has 0 aromatic heterocycles. The van der Waals surface area contributed by atoms with E-state index in [9.17, 15) is 19.5 Å². The lowest BCUT2D eigenvalue weighted by Crippen LogP contribution is -2.48. The average Bonchev–Trinajstić information content (AvgIpc) is 2.62. The molecule has 7 nitrogen and oxygen atoms in total. The quantitative estimate of drug-likeness (QED) is 0.491. The number of carboxylic acids is 1. The smallest absolute Gasteiger partial charge is 0.326 e. The average molecular weight is 370 g/mol. The van der Waals surface area contributed by atoms with E-state index in [1.54, 1.807) is 13.8 Å². The van der Waals surface area contributed by atoms with Gasteiger partial charge in [-0.25, -0.2) is 4.79 Å². The van der Waals surface area contributed by atoms with E-state index in [1.165, 1.54) is 0 Å². The van der Waals surface area contributed by atoms with Gasteiger partial charge in [-0.3, -0.25) is 9.59 Å². The van der Waals surface area contributed by atoms with E-state index < -0.39 is 18.1 Å². The van der Waals surface area contributed by atoms with Gasteiger partial charge in [-0.05, 0) is 43.4 Å². The molecule has 0 saturated heterocycles. The van der Waals surface area contributed by atoms with Gasteiger partial charge in [-0.2, -0.15) is 0 Å². The van der Waals surface area contributed by atoms with Crippen molar-refractivity contribution in [2.75, 3.05) is 6.54 Å². The second kappa shape index (κ2) is 10.5. The minimum atomic E-state index is -0.998. The molecule has 5 N–H and O–H groups in total. The molecule has 0 spiro atoms. The Kier molecular flexibility index (Phi) is 9.05. The highest BCUT2D eigenvalue weighted by molar-refractivity contribution is 5.85. The van der Waals surface area contributed by atoms with Gasteiger partial charge in [0.05, 0.1) is 6.04 Å². The molecule has 1 rings (SSSR count). The first-order valence-corrected chi connectivity index (χ1v) is 9.73. The zero-order valence-electron chi connectivity index (χ0n) is 16.5. The maximum Gasteiger partial charge on any atom is 0.326 e. The van der Waals surface area contributed by atoms with E-state index in [0.29, 0.717) is 25.3 Å². The van der Waals surface area contributed by atoms with Crippen LogP contribution in [0.25, 0.3) is 0 Å². The summed E-state index contributed by atoms with van der Waals surface area (Å²) in [6.07, 6.45) is 3.98. The van der Waals surface area contributed by atoms with E-state index in [0.717, 1.165) is 19.3 Å². The lowest BCUT2D eigenvalue weighted by molar-refractivity contribution is -0.144. The van der Waals surface area contributed by atoms with Crippen LogP contribution in [0.1, 0.15) is 59.8 Å². The Morgan fingerprint density at radius 2 is 1.69 bits per heavy atom. The number of nitrogens with two attached hydrogens (primary N) is 1. The van der Waals surface area contributed by atoms with Crippen LogP contribution in [0.2, 0.25) is 0 Å². The predicted octanol–water partition coefficient (Wildman–Crippen LogP) is 1.51. The zero-order valence-corrected chi connectivity index (χ0v) is 16.5. The van der Waals surface area contributed by atoms with Gasteiger partial charge in [0.15, 0.2) is 0 Å². The van der Waals surface area contributed by atoms with Gasteiger partial charge in [-0.1, -0.05) is 34.1 Å². The number of nitrogens with one attached hydrogen (secondary N) is 2. The van der Waals surface area contributed by atoms with E-state index in [1.807, 2.05) is 13.8 Å². The van der Waals surface area contributed by atoms with E-state index in [4.69, 9.17) is 5.73 Å². The first-order chi connectivity index (χ1) is 12.2. The summed E-state index contributed by atoms with van der Waals surface area (Å²) in [7, 11) is 0. The van der Waals surface area contributed by atoms with Crippen LogP contribution in [0, 0.1) is 23.7 Å². The molecule has 1 saturated carbocycles. The molecular weight excluding hydrogens is 334 g/mol. The van der Waals surface area contributed by atoms with Crippen molar-refractivity contribution in [3.8, 4) is 0 Å². The maximum atomic E-state index is 12.3. The summed E-state index contributed by atoms with van der Waals surface area (Å²) < 4.78 is 0. The predicted molar refractivity (Wildman–Crippen MR) is 100 cm³/mol. The highest BCUT2D eigenvalue weighted by Gasteiger charge is 2.31. The van der Waals surface area contributed by atoms with E-state index in [2.05, 4.69) is 10.6 Å². The van der Waals surface area contributed by atoms with Gasteiger partial charge in [0.2, 0.25) is 11.8 Å². The number of carbonyl (C=O) groups is 3. The molecule has 1 aliphatic rings. The fourth-order valence-electron chi connectivity index (χ4n) is 3.29. The topological polar surface area (TPSA) is 122 Å². The number of hydrogen-bond acceptors (Lipinski definition) is 4. The number of carboxylic acid groups (broad SMARTS) is 1. The fourth-order valence-corrected chi connectivity index (χ4v) is 3.29. The molecule has 7 heteroatoms. The molecule has 3 atom stereocenters. The Morgan fingerprint density at radius 1 is 1.12 bits per heavy atom. The number of carbonyl (C=O) groups excluding carboxylic acids is 2. The number of amides is 2. The molecule has 3 unspecified atom stereocenters. The SMILES string of the molecule is CCC(C)C(N)C(=O)NCC1CCC(C(=O)NC(C(=O)O)C(C)C)CC1. The minimum absolute atomic E-state index is 0.111. The molecule has 0 heterocycles. The second-order valence-electron chi connectivity index (χ2n) is 7.94. The van der Waals surface area contributed by atoms with Crippen molar-refractivity contribution in [2.45, 2.75) is 71.9 Å². The van der Waals surface area contributed by atoms with E-state index in [-0.39, 0.29) is 29.6 Å². The van der Waals surface area contributed by atoms with Gasteiger partial charge in [-0.15, -0.1) is 0 Å². The third kappa shape index (κ3) is 6.59. The maximum absolute atomic E-state index is 12.3. The van der Waals surface area contributed by atoms with Crippen molar-refractivity contribution in [2.24, 2.45) is 29.4 Å². The summed E-state index contributed by atoms with van der Waals surface area (Å²) in [5.41, 5.74) is 5.93. The van der Waals surface area contributed by atoms with Crippen molar-refractivity contribution in [3.63, 3.8) is 0 Å². The normalized spacial score (nSPS) is 23.8. The van der Waals surface area contributed by atoms with Crippen molar-refractivity contribution < 1.29 is 19.5 Å². The largest absolute Gasteiger partial charge is 0.480 e. The Balaban J connectivity index is 2.39. The minimum Gasteiger partial charge on any atom is -0.480 e. The van der Waals surface area contributed by atoms with Crippen molar-refractivity contribution >= 4 is 17.8 Å². The molecule has 0 bridgehead atoms. The first kappa shape index (κ1) is 22.4. The molecular formula is C19H35N3O4. The zero-order chi connectivity index (χ0) is 19.9. The Hall–Kier alpha value is -1.63. The summed E-state index contributed by atoms with van der Waals surface area (Å²) in [6.45, 7) is 8.13. The summed E-state index contributed by atoms with van der Waals surface area (Å²) in [4.78, 5) is 35.6. The number of hydrogen-bond donors (Lipinski definition) is 4. The molecule has 0 aromatic carbocycles. The van der Waals surface area contributed by atoms with Crippen LogP contribution in [0.15, 0.2) is 0 Å². The second-order valence-corrected chi connectivity index (χ2v) is 7.94. The van der Waals surface area contributed by atoms with Crippen molar-refractivity contribution in [1.82, 2.24) is 10.6 Å². The highest BCUT2D eigenvalue weighted by atomic mass is 16.4. The first-order valence-electron chi connectivity index (χ1n) is 9.73. The van der Waals surface area contributed by atoms with Gasteiger partial charge < -0.3 is 21.5 Å². The number of aliphatic carboxylic acids is 1. The van der Waals surface area contributed by atoms with Gasteiger partial charge in [0.1, 0.15) is 6.04 Å². The van der Waals surface area contributed by atoms with Crippen LogP contribution >= 0.6 is 0 Å². The van der Waals surface area contributed by atoms with Crippen LogP contribution in [0.3, 0.4) is 0 Å². The van der Waals surface area contributed by atoms with Crippen LogP contribution < -0.4 is 16.4 Å². The van der Waals surface area contributed by atoms with E-state index >= 15 is 0 Å². The molecule has 1 fully saturated rings. The Morgan fingerprint density at radius 3 is 2.15 bits per heavy atom. The van der Waals surface area contributed by atoms with Crippen LogP contribution in [-0.2, 0) is 14.4 Å². The third-order valence-corrected chi connectivity index (χ3v) is 5.57. The standard InChI is InChI=1S/C19H35N3O4/c1-5-12(4)15(20)18(24)21-10-13-6-8-14(9-7-13)17(23)22-16(11(2)3)19(25)26/h11-16H,5-10,20H2,1-4H3,(H,21,24)(H,22,23)(H,25,26). The van der Waals surface area contributed by atoms with Gasteiger partial charge in [0, 0.05) is 12.5 Å². The summed E-state index contributed by atoms with van der Waals surface area (Å²) in [5, 5.41) is 14.8. The van der Waals surface area contributed by atoms with Crippen LogP contribution in [0.4, 0.5) is 0 Å². The van der Waals surface area contributed by atoms with Crippen molar-refractivity contribution in [1.29, 1.82) is 0 Å². The monoisotopic (exact) mass is 369 g/mol. The number of rotatable bonds is 9. The summed E-state index contributed by atoms with van der Waals surface area (Å²) in [5.74, 6) is -1.09. The van der Waals surface area contributed by atoms with Gasteiger partial charge in [0.25, 0.3) is 0 Å². The molecule has 1 aliphatic carbocycles. The molecule has 0 aliphatic heterocycles. The summed E-state index contributed by atoms with van der Waals surface area (Å²) in [6, 6.07) is -1.33. The Labute approximate surface area is 156 Å². The van der Waals surface area contributed by atoms with Gasteiger partial charge >= 0.3 is 5.97 Å². The summed E-state index contributed by atoms with van der Waals surface area (Å²) >= 11 is 0.